The maximum absolute atomic E-state index is 10.8. The van der Waals surface area contributed by atoms with Gasteiger partial charge in [-0.1, -0.05) is 11.3 Å². The highest BCUT2D eigenvalue weighted by Gasteiger charge is 2.12. The Bertz CT molecular complexity index is 564. The Labute approximate surface area is 97.0 Å². The van der Waals surface area contributed by atoms with E-state index >= 15 is 0 Å². The van der Waals surface area contributed by atoms with Crippen LogP contribution in [-0.4, -0.2) is 19.9 Å². The molecule has 0 bridgehead atoms. The van der Waals surface area contributed by atoms with Crippen molar-refractivity contribution in [3.63, 3.8) is 0 Å². The van der Waals surface area contributed by atoms with E-state index in [4.69, 9.17) is 5.73 Å². The van der Waals surface area contributed by atoms with Crippen molar-refractivity contribution < 1.29 is 4.92 Å². The van der Waals surface area contributed by atoms with E-state index < -0.39 is 4.92 Å². The standard InChI is InChI=1S/C10H11N5O2/c1-7-2-3-9(4-10(7)15(16)17)14-6-8(5-11)12-13-14/h2-4,6H,5,11H2,1H3. The number of rotatable bonds is 3. The van der Waals surface area contributed by atoms with E-state index in [1.54, 1.807) is 25.3 Å². The van der Waals surface area contributed by atoms with Crippen molar-refractivity contribution in [2.45, 2.75) is 13.5 Å². The average Bonchev–Trinajstić information content (AvgIpc) is 2.78. The highest BCUT2D eigenvalue weighted by molar-refractivity contribution is 5.48. The Hall–Kier alpha value is -2.28. The van der Waals surface area contributed by atoms with Crippen LogP contribution in [0.1, 0.15) is 11.3 Å². The number of hydrogen-bond acceptors (Lipinski definition) is 5. The number of nitro benzene ring substituents is 1. The summed E-state index contributed by atoms with van der Waals surface area (Å²) in [6, 6.07) is 4.89. The minimum Gasteiger partial charge on any atom is -0.325 e. The molecular weight excluding hydrogens is 222 g/mol. The Morgan fingerprint density at radius 1 is 1.53 bits per heavy atom. The van der Waals surface area contributed by atoms with Gasteiger partial charge in [0.2, 0.25) is 0 Å². The lowest BCUT2D eigenvalue weighted by Gasteiger charge is -2.01. The van der Waals surface area contributed by atoms with Crippen molar-refractivity contribution >= 4 is 5.69 Å². The van der Waals surface area contributed by atoms with Crippen LogP contribution in [-0.2, 0) is 6.54 Å². The fraction of sp³-hybridized carbons (Fsp3) is 0.200. The molecule has 0 fully saturated rings. The predicted molar refractivity (Wildman–Crippen MR) is 60.6 cm³/mol. The first-order chi connectivity index (χ1) is 8.11. The topological polar surface area (TPSA) is 99.9 Å². The SMILES string of the molecule is Cc1ccc(-n2cc(CN)nn2)cc1[N+](=O)[O-]. The van der Waals surface area contributed by atoms with Crippen LogP contribution < -0.4 is 5.73 Å². The fourth-order valence-electron chi connectivity index (χ4n) is 1.46. The first-order valence-electron chi connectivity index (χ1n) is 4.98. The molecule has 88 valence electrons. The zero-order valence-corrected chi connectivity index (χ0v) is 9.20. The molecule has 0 atom stereocenters. The van der Waals surface area contributed by atoms with Crippen LogP contribution in [0.15, 0.2) is 24.4 Å². The van der Waals surface area contributed by atoms with Crippen molar-refractivity contribution in [2.24, 2.45) is 5.73 Å². The van der Waals surface area contributed by atoms with Crippen molar-refractivity contribution in [3.8, 4) is 5.69 Å². The van der Waals surface area contributed by atoms with Gasteiger partial charge in [0.25, 0.3) is 5.69 Å². The number of aryl methyl sites for hydroxylation is 1. The molecule has 2 N–H and O–H groups in total. The van der Waals surface area contributed by atoms with Gasteiger partial charge in [0.05, 0.1) is 22.5 Å². The highest BCUT2D eigenvalue weighted by Crippen LogP contribution is 2.21. The summed E-state index contributed by atoms with van der Waals surface area (Å²) in [5.74, 6) is 0. The van der Waals surface area contributed by atoms with Crippen LogP contribution in [0, 0.1) is 17.0 Å². The molecule has 0 radical (unpaired) electrons. The maximum atomic E-state index is 10.8. The predicted octanol–water partition coefficient (Wildman–Crippen LogP) is 0.943. The Morgan fingerprint density at radius 2 is 2.29 bits per heavy atom. The first kappa shape index (κ1) is 11.2. The molecule has 1 heterocycles. The molecule has 0 saturated carbocycles. The van der Waals surface area contributed by atoms with Gasteiger partial charge in [0.15, 0.2) is 0 Å². The number of nitro groups is 1. The van der Waals surface area contributed by atoms with Gasteiger partial charge in [-0.2, -0.15) is 0 Å². The fourth-order valence-corrected chi connectivity index (χ4v) is 1.46. The van der Waals surface area contributed by atoms with Gasteiger partial charge >= 0.3 is 0 Å². The summed E-state index contributed by atoms with van der Waals surface area (Å²) in [4.78, 5) is 10.4. The molecule has 17 heavy (non-hydrogen) atoms. The third-order valence-corrected chi connectivity index (χ3v) is 2.40. The summed E-state index contributed by atoms with van der Waals surface area (Å²) < 4.78 is 1.47. The molecule has 2 rings (SSSR count). The first-order valence-corrected chi connectivity index (χ1v) is 4.98. The zero-order chi connectivity index (χ0) is 12.4. The molecule has 1 aromatic heterocycles. The lowest BCUT2D eigenvalue weighted by atomic mass is 10.2. The van der Waals surface area contributed by atoms with E-state index in [9.17, 15) is 10.1 Å². The van der Waals surface area contributed by atoms with Gasteiger partial charge in [-0.3, -0.25) is 10.1 Å². The molecule has 0 amide bonds. The quantitative estimate of drug-likeness (QED) is 0.628. The van der Waals surface area contributed by atoms with E-state index in [0.29, 0.717) is 16.9 Å². The smallest absolute Gasteiger partial charge is 0.274 e. The van der Waals surface area contributed by atoms with Gasteiger partial charge in [0, 0.05) is 18.2 Å². The normalized spacial score (nSPS) is 10.5. The van der Waals surface area contributed by atoms with Crippen LogP contribution in [0.25, 0.3) is 5.69 Å². The summed E-state index contributed by atoms with van der Waals surface area (Å²) in [7, 11) is 0. The summed E-state index contributed by atoms with van der Waals surface area (Å²) >= 11 is 0. The number of benzene rings is 1. The van der Waals surface area contributed by atoms with Crippen molar-refractivity contribution in [2.75, 3.05) is 0 Å². The largest absolute Gasteiger partial charge is 0.325 e. The molecule has 2 aromatic rings. The lowest BCUT2D eigenvalue weighted by Crippen LogP contribution is -1.98. The minimum absolute atomic E-state index is 0.0623. The number of hydrogen-bond donors (Lipinski definition) is 1. The Balaban J connectivity index is 2.46. The van der Waals surface area contributed by atoms with E-state index in [-0.39, 0.29) is 12.2 Å². The molecule has 0 aliphatic rings. The van der Waals surface area contributed by atoms with Gasteiger partial charge in [-0.25, -0.2) is 4.68 Å². The second-order valence-corrected chi connectivity index (χ2v) is 3.59. The third-order valence-electron chi connectivity index (χ3n) is 2.40. The minimum atomic E-state index is -0.417. The second-order valence-electron chi connectivity index (χ2n) is 3.59. The van der Waals surface area contributed by atoms with Gasteiger partial charge in [-0.05, 0) is 13.0 Å². The molecule has 0 aliphatic heterocycles. The summed E-state index contributed by atoms with van der Waals surface area (Å²) in [6.07, 6.45) is 1.65. The third kappa shape index (κ3) is 2.13. The average molecular weight is 233 g/mol. The molecule has 7 heteroatoms. The van der Waals surface area contributed by atoms with Crippen LogP contribution in [0.4, 0.5) is 5.69 Å². The van der Waals surface area contributed by atoms with Crippen molar-refractivity contribution in [1.29, 1.82) is 0 Å². The number of nitrogens with two attached hydrogens (primary N) is 1. The van der Waals surface area contributed by atoms with Crippen LogP contribution >= 0.6 is 0 Å². The lowest BCUT2D eigenvalue weighted by molar-refractivity contribution is -0.385. The number of nitrogens with zero attached hydrogens (tertiary/aromatic N) is 4. The zero-order valence-electron chi connectivity index (χ0n) is 9.20. The maximum Gasteiger partial charge on any atom is 0.274 e. The van der Waals surface area contributed by atoms with Crippen molar-refractivity contribution in [3.05, 3.63) is 45.8 Å². The molecule has 1 aromatic carbocycles. The second kappa shape index (κ2) is 4.30. The molecule has 0 unspecified atom stereocenters. The van der Waals surface area contributed by atoms with Gasteiger partial charge < -0.3 is 5.73 Å². The Morgan fingerprint density at radius 3 is 2.88 bits per heavy atom. The van der Waals surface area contributed by atoms with E-state index in [1.165, 1.54) is 10.7 Å². The monoisotopic (exact) mass is 233 g/mol. The summed E-state index contributed by atoms with van der Waals surface area (Å²) in [5.41, 5.74) is 7.32. The molecule has 0 saturated heterocycles. The van der Waals surface area contributed by atoms with Crippen LogP contribution in [0.2, 0.25) is 0 Å². The van der Waals surface area contributed by atoms with Gasteiger partial charge in [-0.15, -0.1) is 5.10 Å². The number of aromatic nitrogens is 3. The van der Waals surface area contributed by atoms with Crippen LogP contribution in [0.3, 0.4) is 0 Å². The van der Waals surface area contributed by atoms with Gasteiger partial charge in [0.1, 0.15) is 0 Å². The summed E-state index contributed by atoms with van der Waals surface area (Å²) in [5, 5.41) is 18.5. The molecule has 0 aliphatic carbocycles. The van der Waals surface area contributed by atoms with Crippen LogP contribution in [0.5, 0.6) is 0 Å². The summed E-state index contributed by atoms with van der Waals surface area (Å²) in [6.45, 7) is 1.97. The Kier molecular flexibility index (Phi) is 2.84. The molecule has 7 nitrogen and oxygen atoms in total. The highest BCUT2D eigenvalue weighted by atomic mass is 16.6. The van der Waals surface area contributed by atoms with E-state index in [0.717, 1.165) is 0 Å². The van der Waals surface area contributed by atoms with E-state index in [1.807, 2.05) is 0 Å². The molecular formula is C10H11N5O2. The van der Waals surface area contributed by atoms with E-state index in [2.05, 4.69) is 10.3 Å². The molecule has 0 spiro atoms. The van der Waals surface area contributed by atoms with Crippen molar-refractivity contribution in [1.82, 2.24) is 15.0 Å².